The van der Waals surface area contributed by atoms with Crippen molar-refractivity contribution in [2.75, 3.05) is 6.54 Å². The number of aryl methyl sites for hydroxylation is 1. The first-order valence-electron chi connectivity index (χ1n) is 5.13. The smallest absolute Gasteiger partial charge is 0.261 e. The van der Waals surface area contributed by atoms with Gasteiger partial charge in [-0.3, -0.25) is 4.79 Å². The predicted molar refractivity (Wildman–Crippen MR) is 70.0 cm³/mol. The molecule has 1 rings (SSSR count). The largest absolute Gasteiger partial charge is 0.351 e. The highest BCUT2D eigenvalue weighted by Gasteiger charge is 2.14. The van der Waals surface area contributed by atoms with E-state index < -0.39 is 9.05 Å². The molecule has 0 atom stereocenters. The number of amides is 1. The van der Waals surface area contributed by atoms with E-state index in [9.17, 15) is 13.2 Å². The molecule has 0 aliphatic heterocycles. The van der Waals surface area contributed by atoms with Crippen LogP contribution in [-0.2, 0) is 9.05 Å². The molecule has 0 unspecified atom stereocenters. The van der Waals surface area contributed by atoms with Gasteiger partial charge in [-0.25, -0.2) is 8.42 Å². The lowest BCUT2D eigenvalue weighted by molar-refractivity contribution is 0.0954. The average Bonchev–Trinajstić information content (AvgIpc) is 2.27. The number of benzene rings is 1. The van der Waals surface area contributed by atoms with Gasteiger partial charge in [0, 0.05) is 29.2 Å². The van der Waals surface area contributed by atoms with Gasteiger partial charge in [0.05, 0.1) is 4.90 Å². The van der Waals surface area contributed by atoms with Gasteiger partial charge >= 0.3 is 0 Å². The number of terminal acetylenes is 1. The van der Waals surface area contributed by atoms with E-state index in [2.05, 4.69) is 11.2 Å². The summed E-state index contributed by atoms with van der Waals surface area (Å²) in [6, 6.07) is 4.08. The Morgan fingerprint density at radius 2 is 2.17 bits per heavy atom. The Bertz CT molecular complexity index is 602. The monoisotopic (exact) mass is 285 g/mol. The van der Waals surface area contributed by atoms with Crippen LogP contribution in [0, 0.1) is 19.3 Å². The fourth-order valence-electron chi connectivity index (χ4n) is 1.39. The van der Waals surface area contributed by atoms with Gasteiger partial charge in [0.1, 0.15) is 0 Å². The zero-order chi connectivity index (χ0) is 13.8. The van der Waals surface area contributed by atoms with Crippen LogP contribution >= 0.6 is 10.7 Å². The zero-order valence-corrected chi connectivity index (χ0v) is 11.3. The van der Waals surface area contributed by atoms with Crippen LogP contribution in [0.4, 0.5) is 0 Å². The molecule has 96 valence electrons. The van der Waals surface area contributed by atoms with Gasteiger partial charge in [0.15, 0.2) is 0 Å². The SMILES string of the molecule is C#CCCNC(=O)c1ccc(S(=O)(=O)Cl)cc1C. The quantitative estimate of drug-likeness (QED) is 0.520. The van der Waals surface area contributed by atoms with Crippen LogP contribution in [0.25, 0.3) is 0 Å². The summed E-state index contributed by atoms with van der Waals surface area (Å²) in [6.45, 7) is 2.02. The van der Waals surface area contributed by atoms with Crippen LogP contribution in [0.1, 0.15) is 22.3 Å². The second-order valence-electron chi connectivity index (χ2n) is 3.62. The second-order valence-corrected chi connectivity index (χ2v) is 6.19. The molecule has 1 aromatic carbocycles. The lowest BCUT2D eigenvalue weighted by atomic mass is 10.1. The molecule has 18 heavy (non-hydrogen) atoms. The molecule has 0 aromatic heterocycles. The molecule has 0 bridgehead atoms. The number of hydrogen-bond acceptors (Lipinski definition) is 3. The summed E-state index contributed by atoms with van der Waals surface area (Å²) in [5.74, 6) is 2.12. The summed E-state index contributed by atoms with van der Waals surface area (Å²) in [6.07, 6.45) is 5.51. The number of nitrogens with one attached hydrogen (secondary N) is 1. The summed E-state index contributed by atoms with van der Waals surface area (Å²) in [5.41, 5.74) is 0.936. The van der Waals surface area contributed by atoms with Crippen molar-refractivity contribution >= 4 is 25.6 Å². The predicted octanol–water partition coefficient (Wildman–Crippen LogP) is 1.68. The van der Waals surface area contributed by atoms with E-state index in [0.717, 1.165) is 0 Å². The Kier molecular flexibility index (Phi) is 4.76. The minimum Gasteiger partial charge on any atom is -0.351 e. The summed E-state index contributed by atoms with van der Waals surface area (Å²) in [4.78, 5) is 11.7. The summed E-state index contributed by atoms with van der Waals surface area (Å²) >= 11 is 0. The van der Waals surface area contributed by atoms with Crippen molar-refractivity contribution in [3.8, 4) is 12.3 Å². The lowest BCUT2D eigenvalue weighted by Gasteiger charge is -2.07. The zero-order valence-electron chi connectivity index (χ0n) is 9.73. The van der Waals surface area contributed by atoms with Gasteiger partial charge < -0.3 is 5.32 Å². The van der Waals surface area contributed by atoms with Gasteiger partial charge in [0.25, 0.3) is 15.0 Å². The maximum Gasteiger partial charge on any atom is 0.261 e. The van der Waals surface area contributed by atoms with Crippen molar-refractivity contribution in [3.05, 3.63) is 29.3 Å². The van der Waals surface area contributed by atoms with Crippen LogP contribution < -0.4 is 5.32 Å². The summed E-state index contributed by atoms with van der Waals surface area (Å²) in [7, 11) is 1.44. The maximum atomic E-state index is 11.7. The van der Waals surface area contributed by atoms with Crippen LogP contribution in [-0.4, -0.2) is 20.9 Å². The normalized spacial score (nSPS) is 10.7. The standard InChI is InChI=1S/C12H12ClNO3S/c1-3-4-7-14-12(15)11-6-5-10(8-9(11)2)18(13,16)17/h1,5-6,8H,4,7H2,2H3,(H,14,15). The minimum absolute atomic E-state index is 0.0261. The Labute approximate surface area is 111 Å². The van der Waals surface area contributed by atoms with E-state index in [1.807, 2.05) is 0 Å². The first-order chi connectivity index (χ1) is 8.36. The molecule has 4 nitrogen and oxygen atoms in total. The highest BCUT2D eigenvalue weighted by molar-refractivity contribution is 8.13. The first-order valence-corrected chi connectivity index (χ1v) is 7.44. The van der Waals surface area contributed by atoms with Gasteiger partial charge in [-0.15, -0.1) is 12.3 Å². The fraction of sp³-hybridized carbons (Fsp3) is 0.250. The van der Waals surface area contributed by atoms with Crippen molar-refractivity contribution in [2.24, 2.45) is 0 Å². The topological polar surface area (TPSA) is 63.2 Å². The average molecular weight is 286 g/mol. The third-order valence-corrected chi connectivity index (χ3v) is 3.63. The Balaban J connectivity index is 2.93. The van der Waals surface area contributed by atoms with E-state index in [0.29, 0.717) is 24.1 Å². The molecular formula is C12H12ClNO3S. The summed E-state index contributed by atoms with van der Waals surface area (Å²) < 4.78 is 22.2. The van der Waals surface area contributed by atoms with E-state index in [4.69, 9.17) is 17.1 Å². The van der Waals surface area contributed by atoms with Gasteiger partial charge in [-0.2, -0.15) is 0 Å². The van der Waals surface area contributed by atoms with E-state index in [1.54, 1.807) is 6.92 Å². The molecule has 0 saturated carbocycles. The number of halogens is 1. The molecule has 0 aliphatic carbocycles. The second kappa shape index (κ2) is 5.89. The van der Waals surface area contributed by atoms with Gasteiger partial charge in [-0.1, -0.05) is 0 Å². The minimum atomic E-state index is -3.77. The Hall–Kier alpha value is -1.51. The van der Waals surface area contributed by atoms with E-state index in [1.165, 1.54) is 18.2 Å². The van der Waals surface area contributed by atoms with Crippen LogP contribution in [0.5, 0.6) is 0 Å². The van der Waals surface area contributed by atoms with Crippen LogP contribution in [0.15, 0.2) is 23.1 Å². The highest BCUT2D eigenvalue weighted by Crippen LogP contribution is 2.18. The Morgan fingerprint density at radius 1 is 1.50 bits per heavy atom. The van der Waals surface area contributed by atoms with Crippen molar-refractivity contribution in [2.45, 2.75) is 18.2 Å². The summed E-state index contributed by atoms with van der Waals surface area (Å²) in [5, 5.41) is 2.64. The molecule has 6 heteroatoms. The lowest BCUT2D eigenvalue weighted by Crippen LogP contribution is -2.25. The number of hydrogen-bond donors (Lipinski definition) is 1. The third-order valence-electron chi connectivity index (χ3n) is 2.28. The van der Waals surface area contributed by atoms with Crippen molar-refractivity contribution in [1.29, 1.82) is 0 Å². The number of carbonyl (C=O) groups is 1. The van der Waals surface area contributed by atoms with Crippen molar-refractivity contribution in [1.82, 2.24) is 5.32 Å². The molecular weight excluding hydrogens is 274 g/mol. The number of rotatable bonds is 4. The molecule has 1 amide bonds. The van der Waals surface area contributed by atoms with Crippen molar-refractivity contribution in [3.63, 3.8) is 0 Å². The molecule has 1 aromatic rings. The highest BCUT2D eigenvalue weighted by atomic mass is 35.7. The molecule has 0 aliphatic rings. The van der Waals surface area contributed by atoms with Crippen LogP contribution in [0.3, 0.4) is 0 Å². The molecule has 0 spiro atoms. The molecule has 0 fully saturated rings. The molecule has 0 saturated heterocycles. The molecule has 0 heterocycles. The van der Waals surface area contributed by atoms with E-state index >= 15 is 0 Å². The molecule has 1 N–H and O–H groups in total. The Morgan fingerprint density at radius 3 is 2.67 bits per heavy atom. The third kappa shape index (κ3) is 3.76. The van der Waals surface area contributed by atoms with Gasteiger partial charge in [0.2, 0.25) is 0 Å². The van der Waals surface area contributed by atoms with Crippen LogP contribution in [0.2, 0.25) is 0 Å². The molecule has 0 radical (unpaired) electrons. The maximum absolute atomic E-state index is 11.7. The fourth-order valence-corrected chi connectivity index (χ4v) is 2.22. The van der Waals surface area contributed by atoms with Gasteiger partial charge in [-0.05, 0) is 30.7 Å². The van der Waals surface area contributed by atoms with E-state index in [-0.39, 0.29) is 10.8 Å². The number of carbonyl (C=O) groups excluding carboxylic acids is 1. The first kappa shape index (κ1) is 14.6. The van der Waals surface area contributed by atoms with Crippen molar-refractivity contribution < 1.29 is 13.2 Å².